The number of benzene rings is 2. The summed E-state index contributed by atoms with van der Waals surface area (Å²) in [4.78, 5) is 8.35. The van der Waals surface area contributed by atoms with Crippen molar-refractivity contribution in [3.05, 3.63) is 83.2 Å². The van der Waals surface area contributed by atoms with Gasteiger partial charge in [0.15, 0.2) is 17.1 Å². The lowest BCUT2D eigenvalue weighted by Gasteiger charge is -2.34. The molecule has 0 aliphatic carbocycles. The maximum atomic E-state index is 15.3. The molecule has 0 amide bonds. The molecule has 0 saturated heterocycles. The van der Waals surface area contributed by atoms with E-state index in [0.717, 1.165) is 12.0 Å². The van der Waals surface area contributed by atoms with Gasteiger partial charge in [0.25, 0.3) is 6.02 Å². The number of amidine groups is 1. The van der Waals surface area contributed by atoms with E-state index in [-0.39, 0.29) is 18.4 Å². The molecule has 6 rings (SSSR count). The van der Waals surface area contributed by atoms with E-state index in [9.17, 15) is 4.39 Å². The highest BCUT2D eigenvalue weighted by molar-refractivity contribution is 5.79. The fraction of sp³-hybridized carbons (Fsp3) is 0.200. The van der Waals surface area contributed by atoms with E-state index >= 15 is 4.39 Å². The van der Waals surface area contributed by atoms with Crippen molar-refractivity contribution in [2.75, 3.05) is 19.8 Å². The zero-order valence-corrected chi connectivity index (χ0v) is 17.5. The first-order chi connectivity index (χ1) is 16.0. The fourth-order valence-corrected chi connectivity index (χ4v) is 4.62. The molecule has 33 heavy (non-hydrogen) atoms. The van der Waals surface area contributed by atoms with E-state index in [1.54, 1.807) is 30.3 Å². The van der Waals surface area contributed by atoms with Gasteiger partial charge in [0.05, 0.1) is 13.2 Å². The van der Waals surface area contributed by atoms with Gasteiger partial charge < -0.3 is 19.9 Å². The van der Waals surface area contributed by atoms with Gasteiger partial charge in [0.2, 0.25) is 5.95 Å². The second-order valence-corrected chi connectivity index (χ2v) is 8.16. The molecule has 0 fully saturated rings. The van der Waals surface area contributed by atoms with E-state index in [0.29, 0.717) is 46.8 Å². The first kappa shape index (κ1) is 19.9. The molecule has 0 radical (unpaired) electrons. The number of aromatic nitrogens is 1. The first-order valence-corrected chi connectivity index (χ1v) is 10.6. The Hall–Kier alpha value is -3.78. The highest BCUT2D eigenvalue weighted by Gasteiger charge is 2.48. The van der Waals surface area contributed by atoms with Gasteiger partial charge >= 0.3 is 0 Å². The molecule has 1 atom stereocenters. The molecule has 3 aliphatic heterocycles. The summed E-state index contributed by atoms with van der Waals surface area (Å²) in [6.45, 7) is 1.11. The van der Waals surface area contributed by atoms with Crippen LogP contribution >= 0.6 is 0 Å². The Kier molecular flexibility index (Phi) is 4.45. The third-order valence-electron chi connectivity index (χ3n) is 6.21. The lowest BCUT2D eigenvalue weighted by molar-refractivity contribution is 0.164. The van der Waals surface area contributed by atoms with Crippen LogP contribution in [0.3, 0.4) is 0 Å². The number of rotatable bonds is 2. The third-order valence-corrected chi connectivity index (χ3v) is 6.21. The van der Waals surface area contributed by atoms with Crippen LogP contribution in [-0.4, -0.2) is 30.8 Å². The molecule has 3 aromatic rings. The Bertz CT molecular complexity index is 1350. The molecular formula is C25H19F2N3O3. The molecule has 1 unspecified atom stereocenters. The molecule has 0 saturated carbocycles. The molecule has 1 aromatic heterocycles. The van der Waals surface area contributed by atoms with Crippen LogP contribution < -0.4 is 10.5 Å². The minimum absolute atomic E-state index is 0.00205. The van der Waals surface area contributed by atoms with Gasteiger partial charge in [-0.05, 0) is 59.5 Å². The smallest absolute Gasteiger partial charge is 0.283 e. The van der Waals surface area contributed by atoms with Gasteiger partial charge in [-0.15, -0.1) is 0 Å². The molecule has 4 heterocycles. The Morgan fingerprint density at radius 3 is 2.67 bits per heavy atom. The quantitative estimate of drug-likeness (QED) is 0.584. The summed E-state index contributed by atoms with van der Waals surface area (Å²) in [5.41, 5.74) is 8.43. The maximum absolute atomic E-state index is 15.3. The monoisotopic (exact) mass is 447 g/mol. The Labute approximate surface area is 188 Å². The normalized spacial score (nSPS) is 20.9. The van der Waals surface area contributed by atoms with Crippen molar-refractivity contribution in [3.63, 3.8) is 0 Å². The zero-order valence-electron chi connectivity index (χ0n) is 17.5. The second kappa shape index (κ2) is 7.38. The highest BCUT2D eigenvalue weighted by atomic mass is 19.1. The zero-order chi connectivity index (χ0) is 22.6. The fourth-order valence-electron chi connectivity index (χ4n) is 4.62. The summed E-state index contributed by atoms with van der Waals surface area (Å²) in [6, 6.07) is 11.8. The van der Waals surface area contributed by atoms with Gasteiger partial charge in [-0.25, -0.2) is 14.4 Å². The van der Waals surface area contributed by atoms with Crippen LogP contribution in [0, 0.1) is 11.8 Å². The van der Waals surface area contributed by atoms with Gasteiger partial charge in [-0.1, -0.05) is 12.1 Å². The second-order valence-electron chi connectivity index (χ2n) is 8.16. The molecule has 8 heteroatoms. The SMILES string of the molecule is NC1=NC2(CO1)c1cc(-c3cccnc3F)ccc1Oc1c(F)cc(C3=CCCOC3)cc12. The summed E-state index contributed by atoms with van der Waals surface area (Å²) in [7, 11) is 0. The largest absolute Gasteiger partial charge is 0.462 e. The highest BCUT2D eigenvalue weighted by Crippen LogP contribution is 2.53. The molecule has 2 N–H and O–H groups in total. The predicted octanol–water partition coefficient (Wildman–Crippen LogP) is 4.52. The number of hydrogen-bond donors (Lipinski definition) is 1. The van der Waals surface area contributed by atoms with E-state index in [2.05, 4.69) is 9.98 Å². The molecule has 6 nitrogen and oxygen atoms in total. The van der Waals surface area contributed by atoms with E-state index in [1.165, 1.54) is 12.3 Å². The topological polar surface area (TPSA) is 79.0 Å². The summed E-state index contributed by atoms with van der Waals surface area (Å²) in [5.74, 6) is -0.621. The van der Waals surface area contributed by atoms with Crippen LogP contribution in [0.15, 0.2) is 59.7 Å². The minimum Gasteiger partial charge on any atom is -0.462 e. The average Bonchev–Trinajstić information content (AvgIpc) is 3.23. The molecule has 0 bridgehead atoms. The van der Waals surface area contributed by atoms with Gasteiger partial charge in [-0.3, -0.25) is 0 Å². The van der Waals surface area contributed by atoms with Crippen LogP contribution in [0.2, 0.25) is 0 Å². The number of fused-ring (bicyclic) bond motifs is 4. The number of ether oxygens (including phenoxy) is 3. The van der Waals surface area contributed by atoms with Gasteiger partial charge in [-0.2, -0.15) is 4.39 Å². The van der Waals surface area contributed by atoms with Crippen molar-refractivity contribution in [2.45, 2.75) is 12.0 Å². The number of pyridine rings is 1. The summed E-state index contributed by atoms with van der Waals surface area (Å²) >= 11 is 0. The van der Waals surface area contributed by atoms with Crippen LogP contribution in [0.5, 0.6) is 11.5 Å². The van der Waals surface area contributed by atoms with Crippen molar-refractivity contribution in [1.29, 1.82) is 0 Å². The third kappa shape index (κ3) is 3.09. The van der Waals surface area contributed by atoms with Crippen LogP contribution in [0.4, 0.5) is 8.78 Å². The molecular weight excluding hydrogens is 428 g/mol. The predicted molar refractivity (Wildman–Crippen MR) is 118 cm³/mol. The van der Waals surface area contributed by atoms with Crippen LogP contribution in [0.25, 0.3) is 16.7 Å². The van der Waals surface area contributed by atoms with Gasteiger partial charge in [0.1, 0.15) is 12.4 Å². The van der Waals surface area contributed by atoms with Gasteiger partial charge in [0, 0.05) is 22.9 Å². The minimum atomic E-state index is -1.13. The lowest BCUT2D eigenvalue weighted by atomic mass is 9.79. The number of nitrogens with zero attached hydrogens (tertiary/aromatic N) is 2. The van der Waals surface area contributed by atoms with E-state index in [4.69, 9.17) is 19.9 Å². The van der Waals surface area contributed by atoms with Crippen molar-refractivity contribution >= 4 is 11.6 Å². The average molecular weight is 447 g/mol. The van der Waals surface area contributed by atoms with Crippen molar-refractivity contribution in [3.8, 4) is 22.6 Å². The number of hydrogen-bond acceptors (Lipinski definition) is 6. The Morgan fingerprint density at radius 1 is 1.03 bits per heavy atom. The maximum Gasteiger partial charge on any atom is 0.283 e. The Morgan fingerprint density at radius 2 is 1.91 bits per heavy atom. The first-order valence-electron chi connectivity index (χ1n) is 10.6. The number of nitrogens with two attached hydrogens (primary N) is 1. The standard InChI is InChI=1S/C25H19F2N3O3/c26-20-11-16(15-3-2-8-31-12-15)10-19-22(20)33-21-6-5-14(17-4-1-7-29-23(17)27)9-18(21)25(19)13-32-24(28)30-25/h1,3-7,9-11H,2,8,12-13H2,(H2,28,30). The van der Waals surface area contributed by atoms with Crippen LogP contribution in [-0.2, 0) is 15.0 Å². The molecule has 2 aromatic carbocycles. The van der Waals surface area contributed by atoms with Crippen molar-refractivity contribution in [1.82, 2.24) is 4.98 Å². The van der Waals surface area contributed by atoms with E-state index in [1.807, 2.05) is 12.1 Å². The van der Waals surface area contributed by atoms with Crippen molar-refractivity contribution < 1.29 is 23.0 Å². The van der Waals surface area contributed by atoms with Crippen LogP contribution in [0.1, 0.15) is 23.1 Å². The number of aliphatic imine (C=N–C) groups is 1. The lowest BCUT2D eigenvalue weighted by Crippen LogP contribution is -2.31. The summed E-state index contributed by atoms with van der Waals surface area (Å²) < 4.78 is 46.9. The summed E-state index contributed by atoms with van der Waals surface area (Å²) in [6.07, 6.45) is 4.19. The molecule has 3 aliphatic rings. The Balaban J connectivity index is 1.57. The van der Waals surface area contributed by atoms with E-state index < -0.39 is 17.3 Å². The molecule has 166 valence electrons. The van der Waals surface area contributed by atoms with Crippen molar-refractivity contribution in [2.24, 2.45) is 10.7 Å². The molecule has 1 spiro atoms. The number of halogens is 2. The summed E-state index contributed by atoms with van der Waals surface area (Å²) in [5, 5.41) is 0.